The Morgan fingerprint density at radius 1 is 0.970 bits per heavy atom. The molecule has 1 saturated heterocycles. The second kappa shape index (κ2) is 11.7. The summed E-state index contributed by atoms with van der Waals surface area (Å²) < 4.78 is 1.96. The Morgan fingerprint density at radius 3 is 2.42 bits per heavy atom. The molecular formula is C27H36N6. The Balaban J connectivity index is 1.20. The first-order valence-electron chi connectivity index (χ1n) is 12.0. The molecule has 0 atom stereocenters. The van der Waals surface area contributed by atoms with Gasteiger partial charge >= 0.3 is 0 Å². The lowest BCUT2D eigenvalue weighted by Gasteiger charge is -2.32. The third-order valence-electron chi connectivity index (χ3n) is 6.47. The predicted octanol–water partition coefficient (Wildman–Crippen LogP) is 3.82. The molecule has 174 valence electrons. The fourth-order valence-electron chi connectivity index (χ4n) is 4.39. The van der Waals surface area contributed by atoms with E-state index < -0.39 is 0 Å². The van der Waals surface area contributed by atoms with Crippen molar-refractivity contribution in [2.24, 2.45) is 10.9 Å². The van der Waals surface area contributed by atoms with Crippen LogP contribution in [0.15, 0.2) is 72.0 Å². The summed E-state index contributed by atoms with van der Waals surface area (Å²) in [5.74, 6) is 1.55. The summed E-state index contributed by atoms with van der Waals surface area (Å²) in [5.41, 5.74) is 5.27. The first-order valence-corrected chi connectivity index (χ1v) is 12.0. The van der Waals surface area contributed by atoms with Gasteiger partial charge < -0.3 is 10.6 Å². The lowest BCUT2D eigenvalue weighted by molar-refractivity contribution is 0.178. The monoisotopic (exact) mass is 444 g/mol. The van der Waals surface area contributed by atoms with Gasteiger partial charge in [-0.05, 0) is 61.5 Å². The Kier molecular flexibility index (Phi) is 8.14. The maximum Gasteiger partial charge on any atom is 0.191 e. The van der Waals surface area contributed by atoms with Crippen molar-refractivity contribution in [3.63, 3.8) is 0 Å². The first kappa shape index (κ1) is 23.1. The van der Waals surface area contributed by atoms with Crippen molar-refractivity contribution in [3.05, 3.63) is 89.2 Å². The van der Waals surface area contributed by atoms with Crippen LogP contribution in [0.4, 0.5) is 0 Å². The highest BCUT2D eigenvalue weighted by molar-refractivity contribution is 5.79. The molecule has 1 aliphatic heterocycles. The molecule has 1 fully saturated rings. The highest BCUT2D eigenvalue weighted by atomic mass is 15.3. The summed E-state index contributed by atoms with van der Waals surface area (Å²) in [5, 5.41) is 11.4. The second-order valence-electron chi connectivity index (χ2n) is 8.98. The highest BCUT2D eigenvalue weighted by Gasteiger charge is 2.19. The largest absolute Gasteiger partial charge is 0.356 e. The van der Waals surface area contributed by atoms with Crippen LogP contribution >= 0.6 is 0 Å². The van der Waals surface area contributed by atoms with Crippen molar-refractivity contribution in [1.29, 1.82) is 0 Å². The van der Waals surface area contributed by atoms with Crippen molar-refractivity contribution in [2.75, 3.05) is 26.7 Å². The van der Waals surface area contributed by atoms with Crippen LogP contribution in [0.3, 0.4) is 0 Å². The van der Waals surface area contributed by atoms with Crippen molar-refractivity contribution in [1.82, 2.24) is 25.3 Å². The average Bonchev–Trinajstić information content (AvgIpc) is 3.36. The Morgan fingerprint density at radius 2 is 1.73 bits per heavy atom. The number of likely N-dealkylation sites (tertiary alicyclic amines) is 1. The number of nitrogens with one attached hydrogen (secondary N) is 2. The van der Waals surface area contributed by atoms with E-state index in [2.05, 4.69) is 81.1 Å². The minimum Gasteiger partial charge on any atom is -0.356 e. The summed E-state index contributed by atoms with van der Waals surface area (Å²) in [4.78, 5) is 7.01. The van der Waals surface area contributed by atoms with Gasteiger partial charge in [-0.3, -0.25) is 14.6 Å². The van der Waals surface area contributed by atoms with Gasteiger partial charge in [-0.1, -0.05) is 54.1 Å². The van der Waals surface area contributed by atoms with Crippen LogP contribution in [0, 0.1) is 12.8 Å². The van der Waals surface area contributed by atoms with Crippen molar-refractivity contribution in [3.8, 4) is 0 Å². The molecule has 1 aromatic heterocycles. The second-order valence-corrected chi connectivity index (χ2v) is 8.98. The number of rotatable bonds is 8. The van der Waals surface area contributed by atoms with Gasteiger partial charge in [0.15, 0.2) is 5.96 Å². The standard InChI is InChI=1S/C27H36N6/c1-22-8-10-24(11-9-22)20-32-16-12-23(13-17-32)18-29-27(28-2)30-19-25-6-3-4-7-26(25)21-33-15-5-14-31-33/h3-11,14-15,23H,12-13,16-21H2,1-2H3,(H2,28,29,30). The van der Waals surface area contributed by atoms with E-state index in [0.29, 0.717) is 5.92 Å². The van der Waals surface area contributed by atoms with Crippen LogP contribution in [0.5, 0.6) is 0 Å². The number of guanidine groups is 1. The van der Waals surface area contributed by atoms with Gasteiger partial charge in [0.2, 0.25) is 0 Å². The molecular weight excluding hydrogens is 408 g/mol. The number of hydrogen-bond donors (Lipinski definition) is 2. The molecule has 1 aliphatic rings. The normalized spacial score (nSPS) is 15.5. The molecule has 0 aliphatic carbocycles. The van der Waals surface area contributed by atoms with Crippen molar-refractivity contribution < 1.29 is 0 Å². The predicted molar refractivity (Wildman–Crippen MR) is 135 cm³/mol. The van der Waals surface area contributed by atoms with Gasteiger partial charge in [0, 0.05) is 39.1 Å². The molecule has 2 aromatic carbocycles. The van der Waals surface area contributed by atoms with Crippen LogP contribution in [0.25, 0.3) is 0 Å². The third-order valence-corrected chi connectivity index (χ3v) is 6.47. The number of aliphatic imine (C=N–C) groups is 1. The summed E-state index contributed by atoms with van der Waals surface area (Å²) >= 11 is 0. The lowest BCUT2D eigenvalue weighted by atomic mass is 9.96. The van der Waals surface area contributed by atoms with E-state index in [1.165, 1.54) is 35.1 Å². The van der Waals surface area contributed by atoms with Gasteiger partial charge in [-0.25, -0.2) is 0 Å². The summed E-state index contributed by atoms with van der Waals surface area (Å²) in [7, 11) is 1.84. The fourth-order valence-corrected chi connectivity index (χ4v) is 4.39. The molecule has 0 bridgehead atoms. The van der Waals surface area contributed by atoms with Gasteiger partial charge in [-0.2, -0.15) is 5.10 Å². The molecule has 6 heteroatoms. The lowest BCUT2D eigenvalue weighted by Crippen LogP contribution is -2.42. The summed E-state index contributed by atoms with van der Waals surface area (Å²) in [6.45, 7) is 8.00. The van der Waals surface area contributed by atoms with E-state index in [9.17, 15) is 0 Å². The number of piperidine rings is 1. The number of aryl methyl sites for hydroxylation is 1. The Labute approximate surface area is 197 Å². The molecule has 0 spiro atoms. The summed E-state index contributed by atoms with van der Waals surface area (Å²) in [6.07, 6.45) is 6.27. The van der Waals surface area contributed by atoms with Crippen LogP contribution < -0.4 is 10.6 Å². The quantitative estimate of drug-likeness (QED) is 0.410. The van der Waals surface area contributed by atoms with E-state index in [0.717, 1.165) is 45.2 Å². The molecule has 0 amide bonds. The molecule has 6 nitrogen and oxygen atoms in total. The topological polar surface area (TPSA) is 57.5 Å². The molecule has 0 unspecified atom stereocenters. The van der Waals surface area contributed by atoms with Gasteiger partial charge in [-0.15, -0.1) is 0 Å². The Hall–Kier alpha value is -3.12. The smallest absolute Gasteiger partial charge is 0.191 e. The van der Waals surface area contributed by atoms with E-state index in [-0.39, 0.29) is 0 Å². The minimum atomic E-state index is 0.685. The SMILES string of the molecule is CN=C(NCc1ccccc1Cn1cccn1)NCC1CCN(Cc2ccc(C)cc2)CC1. The number of hydrogen-bond acceptors (Lipinski definition) is 3. The van der Waals surface area contributed by atoms with Gasteiger partial charge in [0.05, 0.1) is 6.54 Å². The highest BCUT2D eigenvalue weighted by Crippen LogP contribution is 2.18. The van der Waals surface area contributed by atoms with E-state index in [1.54, 1.807) is 0 Å². The Bertz CT molecular complexity index is 1000. The van der Waals surface area contributed by atoms with E-state index >= 15 is 0 Å². The average molecular weight is 445 g/mol. The van der Waals surface area contributed by atoms with Crippen molar-refractivity contribution >= 4 is 5.96 Å². The third kappa shape index (κ3) is 6.93. The van der Waals surface area contributed by atoms with Crippen LogP contribution in [-0.4, -0.2) is 47.3 Å². The zero-order valence-electron chi connectivity index (χ0n) is 19.9. The zero-order chi connectivity index (χ0) is 22.9. The van der Waals surface area contributed by atoms with E-state index in [1.807, 2.05) is 30.2 Å². The van der Waals surface area contributed by atoms with Crippen LogP contribution in [-0.2, 0) is 19.6 Å². The minimum absolute atomic E-state index is 0.685. The van der Waals surface area contributed by atoms with Gasteiger partial charge in [0.1, 0.15) is 0 Å². The number of benzene rings is 2. The van der Waals surface area contributed by atoms with Crippen LogP contribution in [0.1, 0.15) is 35.1 Å². The maximum absolute atomic E-state index is 4.44. The van der Waals surface area contributed by atoms with Crippen LogP contribution in [0.2, 0.25) is 0 Å². The van der Waals surface area contributed by atoms with Crippen molar-refractivity contribution in [2.45, 2.75) is 39.4 Å². The first-order chi connectivity index (χ1) is 16.2. The maximum atomic E-state index is 4.44. The van der Waals surface area contributed by atoms with Gasteiger partial charge in [0.25, 0.3) is 0 Å². The molecule has 2 N–H and O–H groups in total. The molecule has 33 heavy (non-hydrogen) atoms. The number of nitrogens with zero attached hydrogens (tertiary/aromatic N) is 4. The fraction of sp³-hybridized carbons (Fsp3) is 0.407. The molecule has 3 aromatic rings. The van der Waals surface area contributed by atoms with E-state index in [4.69, 9.17) is 0 Å². The zero-order valence-corrected chi connectivity index (χ0v) is 19.9. The molecule has 2 heterocycles. The molecule has 4 rings (SSSR count). The summed E-state index contributed by atoms with van der Waals surface area (Å²) in [6, 6.07) is 19.4. The molecule has 0 saturated carbocycles. The molecule has 0 radical (unpaired) electrons. The number of aromatic nitrogens is 2.